The minimum atomic E-state index is 0.225. The molecule has 0 fully saturated rings. The van der Waals surface area contributed by atoms with Gasteiger partial charge in [-0.05, 0) is 46.6 Å². The molecule has 0 saturated heterocycles. The van der Waals surface area contributed by atoms with Gasteiger partial charge in [-0.2, -0.15) is 0 Å². The van der Waals surface area contributed by atoms with Crippen LogP contribution >= 0.6 is 27.5 Å². The summed E-state index contributed by atoms with van der Waals surface area (Å²) in [5.41, 5.74) is 2.57. The molecule has 100 valence electrons. The highest BCUT2D eigenvalue weighted by molar-refractivity contribution is 9.10. The fraction of sp³-hybridized carbons (Fsp3) is 0.0714. The van der Waals surface area contributed by atoms with E-state index in [0.717, 1.165) is 26.8 Å². The van der Waals surface area contributed by atoms with E-state index in [2.05, 4.69) is 36.2 Å². The number of nitrogens with one attached hydrogen (secondary N) is 1. The number of aromatic nitrogens is 3. The summed E-state index contributed by atoms with van der Waals surface area (Å²) in [6, 6.07) is 9.79. The van der Waals surface area contributed by atoms with E-state index >= 15 is 0 Å². The summed E-state index contributed by atoms with van der Waals surface area (Å²) in [5, 5.41) is 4.50. The van der Waals surface area contributed by atoms with Crippen LogP contribution in [-0.4, -0.2) is 15.0 Å². The van der Waals surface area contributed by atoms with Gasteiger partial charge in [0, 0.05) is 27.8 Å². The van der Waals surface area contributed by atoms with Crippen LogP contribution in [0, 0.1) is 6.92 Å². The number of fused-ring (bicyclic) bond motifs is 1. The first-order valence-corrected chi connectivity index (χ1v) is 7.11. The van der Waals surface area contributed by atoms with Crippen LogP contribution in [0.25, 0.3) is 10.9 Å². The van der Waals surface area contributed by atoms with Crippen LogP contribution in [-0.2, 0) is 0 Å². The zero-order valence-electron chi connectivity index (χ0n) is 10.6. The van der Waals surface area contributed by atoms with Crippen molar-refractivity contribution in [2.24, 2.45) is 0 Å². The number of pyridine rings is 1. The highest BCUT2D eigenvalue weighted by atomic mass is 79.9. The monoisotopic (exact) mass is 348 g/mol. The third-order valence-electron chi connectivity index (χ3n) is 2.77. The molecule has 0 aliphatic rings. The van der Waals surface area contributed by atoms with E-state index in [9.17, 15) is 0 Å². The predicted molar refractivity (Wildman–Crippen MR) is 84.5 cm³/mol. The third-order valence-corrected chi connectivity index (χ3v) is 3.37. The molecule has 0 aliphatic heterocycles. The number of nitrogens with zero attached hydrogens (tertiary/aromatic N) is 3. The van der Waals surface area contributed by atoms with Gasteiger partial charge in [0.25, 0.3) is 0 Å². The van der Waals surface area contributed by atoms with Crippen molar-refractivity contribution in [2.75, 3.05) is 5.32 Å². The Hall–Kier alpha value is -1.72. The minimum Gasteiger partial charge on any atom is -0.338 e. The molecule has 3 rings (SSSR count). The molecule has 0 amide bonds. The molecule has 1 N–H and O–H groups in total. The molecule has 6 heteroatoms. The summed E-state index contributed by atoms with van der Waals surface area (Å²) in [5.74, 6) is 0.653. The van der Waals surface area contributed by atoms with Crippen molar-refractivity contribution in [1.82, 2.24) is 15.0 Å². The summed E-state index contributed by atoms with van der Waals surface area (Å²) < 4.78 is 0.947. The number of hydrogen-bond acceptors (Lipinski definition) is 4. The predicted octanol–water partition coefficient (Wildman–Crippen LogP) is 4.49. The number of benzene rings is 1. The summed E-state index contributed by atoms with van der Waals surface area (Å²) in [7, 11) is 0. The van der Waals surface area contributed by atoms with Crippen LogP contribution in [0.15, 0.2) is 41.0 Å². The van der Waals surface area contributed by atoms with E-state index in [1.807, 2.05) is 37.3 Å². The molecule has 0 bridgehead atoms. The van der Waals surface area contributed by atoms with Gasteiger partial charge in [-0.25, -0.2) is 9.97 Å². The first kappa shape index (κ1) is 13.3. The molecule has 2 aromatic heterocycles. The van der Waals surface area contributed by atoms with Crippen molar-refractivity contribution >= 4 is 49.9 Å². The van der Waals surface area contributed by atoms with E-state index in [4.69, 9.17) is 11.6 Å². The van der Waals surface area contributed by atoms with Gasteiger partial charge in [-0.1, -0.05) is 12.1 Å². The highest BCUT2D eigenvalue weighted by Crippen LogP contribution is 2.26. The Morgan fingerprint density at radius 1 is 1.20 bits per heavy atom. The lowest BCUT2D eigenvalue weighted by Gasteiger charge is -2.09. The van der Waals surface area contributed by atoms with E-state index < -0.39 is 0 Å². The molecule has 0 aliphatic carbocycles. The van der Waals surface area contributed by atoms with Gasteiger partial charge in [0.05, 0.1) is 11.2 Å². The van der Waals surface area contributed by atoms with Gasteiger partial charge >= 0.3 is 0 Å². The summed E-state index contributed by atoms with van der Waals surface area (Å²) in [4.78, 5) is 12.6. The fourth-order valence-corrected chi connectivity index (χ4v) is 2.54. The molecule has 0 spiro atoms. The standard InChI is InChI=1S/C14H10BrClN4/c1-8-5-12(20-14(16)18-8)19-11-4-2-3-9-6-10(15)7-17-13(9)11/h2-7H,1H3,(H,18,19,20). The lowest BCUT2D eigenvalue weighted by molar-refractivity contribution is 1.10. The Morgan fingerprint density at radius 2 is 2.05 bits per heavy atom. The van der Waals surface area contributed by atoms with E-state index in [0.29, 0.717) is 5.82 Å². The Morgan fingerprint density at radius 3 is 2.85 bits per heavy atom. The van der Waals surface area contributed by atoms with Gasteiger partial charge in [0.1, 0.15) is 5.82 Å². The number of para-hydroxylation sites is 1. The van der Waals surface area contributed by atoms with Crippen LogP contribution in [0.2, 0.25) is 5.28 Å². The minimum absolute atomic E-state index is 0.225. The molecular weight excluding hydrogens is 340 g/mol. The Balaban J connectivity index is 2.06. The zero-order valence-corrected chi connectivity index (χ0v) is 12.9. The van der Waals surface area contributed by atoms with Crippen LogP contribution < -0.4 is 5.32 Å². The molecule has 20 heavy (non-hydrogen) atoms. The quantitative estimate of drug-likeness (QED) is 0.692. The largest absolute Gasteiger partial charge is 0.338 e. The van der Waals surface area contributed by atoms with Gasteiger partial charge < -0.3 is 5.32 Å². The van der Waals surface area contributed by atoms with Gasteiger partial charge in [0.15, 0.2) is 0 Å². The second-order valence-corrected chi connectivity index (χ2v) is 5.57. The number of hydrogen-bond donors (Lipinski definition) is 1. The van der Waals surface area contributed by atoms with Crippen molar-refractivity contribution in [3.63, 3.8) is 0 Å². The Bertz CT molecular complexity index is 771. The van der Waals surface area contributed by atoms with Crippen molar-refractivity contribution < 1.29 is 0 Å². The molecule has 3 aromatic rings. The van der Waals surface area contributed by atoms with E-state index in [1.165, 1.54) is 0 Å². The number of anilines is 2. The molecule has 0 radical (unpaired) electrons. The number of halogens is 2. The van der Waals surface area contributed by atoms with Gasteiger partial charge in [-0.3, -0.25) is 4.98 Å². The second-order valence-electron chi connectivity index (χ2n) is 4.32. The molecule has 0 saturated carbocycles. The maximum Gasteiger partial charge on any atom is 0.224 e. The van der Waals surface area contributed by atoms with Crippen molar-refractivity contribution in [1.29, 1.82) is 0 Å². The van der Waals surface area contributed by atoms with Crippen LogP contribution in [0.3, 0.4) is 0 Å². The lowest BCUT2D eigenvalue weighted by atomic mass is 10.2. The summed E-state index contributed by atoms with van der Waals surface area (Å²) in [6.45, 7) is 1.87. The van der Waals surface area contributed by atoms with Gasteiger partial charge in [-0.15, -0.1) is 0 Å². The van der Waals surface area contributed by atoms with Gasteiger partial charge in [0.2, 0.25) is 5.28 Å². The average molecular weight is 350 g/mol. The molecule has 0 atom stereocenters. The Labute approximate surface area is 129 Å². The zero-order chi connectivity index (χ0) is 14.1. The van der Waals surface area contributed by atoms with E-state index in [1.54, 1.807) is 6.20 Å². The molecule has 2 heterocycles. The van der Waals surface area contributed by atoms with Crippen LogP contribution in [0.5, 0.6) is 0 Å². The maximum absolute atomic E-state index is 5.87. The van der Waals surface area contributed by atoms with Crippen molar-refractivity contribution in [2.45, 2.75) is 6.92 Å². The molecular formula is C14H10BrClN4. The average Bonchev–Trinajstić information content (AvgIpc) is 2.37. The number of rotatable bonds is 2. The van der Waals surface area contributed by atoms with E-state index in [-0.39, 0.29) is 5.28 Å². The smallest absolute Gasteiger partial charge is 0.224 e. The lowest BCUT2D eigenvalue weighted by Crippen LogP contribution is -1.98. The third kappa shape index (κ3) is 2.73. The summed E-state index contributed by atoms with van der Waals surface area (Å²) in [6.07, 6.45) is 1.77. The Kier molecular flexibility index (Phi) is 3.54. The molecule has 0 unspecified atom stereocenters. The normalized spacial score (nSPS) is 10.8. The van der Waals surface area contributed by atoms with Crippen molar-refractivity contribution in [3.05, 3.63) is 52.0 Å². The highest BCUT2D eigenvalue weighted by Gasteiger charge is 2.05. The SMILES string of the molecule is Cc1cc(Nc2cccc3cc(Br)cnc23)nc(Cl)n1. The number of aryl methyl sites for hydroxylation is 1. The molecule has 4 nitrogen and oxygen atoms in total. The maximum atomic E-state index is 5.87. The second kappa shape index (κ2) is 5.34. The van der Waals surface area contributed by atoms with Crippen LogP contribution in [0.4, 0.5) is 11.5 Å². The fourth-order valence-electron chi connectivity index (χ4n) is 1.97. The topological polar surface area (TPSA) is 50.7 Å². The molecule has 1 aromatic carbocycles. The first-order chi connectivity index (χ1) is 9.61. The van der Waals surface area contributed by atoms with Crippen molar-refractivity contribution in [3.8, 4) is 0 Å². The first-order valence-electron chi connectivity index (χ1n) is 5.94. The van der Waals surface area contributed by atoms with Crippen LogP contribution in [0.1, 0.15) is 5.69 Å². The summed E-state index contributed by atoms with van der Waals surface area (Å²) >= 11 is 9.29.